The molecule has 0 unspecified atom stereocenters. The molecule has 0 heterocycles. The van der Waals surface area contributed by atoms with Gasteiger partial charge in [0.15, 0.2) is 36.2 Å². The lowest BCUT2D eigenvalue weighted by molar-refractivity contribution is 0.298. The molecule has 8 heteroatoms. The van der Waals surface area contributed by atoms with Crippen LogP contribution in [0.5, 0.6) is 23.0 Å². The Bertz CT molecular complexity index is 895. The number of benzene rings is 2. The summed E-state index contributed by atoms with van der Waals surface area (Å²) in [6, 6.07) is 14.4. The molecule has 0 bridgehead atoms. The molecular weight excluding hydrogens is 384 g/mol. The molecule has 0 aromatic heterocycles. The van der Waals surface area contributed by atoms with Crippen molar-refractivity contribution < 1.29 is 18.9 Å². The van der Waals surface area contributed by atoms with E-state index in [0.29, 0.717) is 36.2 Å². The van der Waals surface area contributed by atoms with Gasteiger partial charge in [0.2, 0.25) is 0 Å². The summed E-state index contributed by atoms with van der Waals surface area (Å²) in [6.07, 6.45) is 3.17. The second-order valence-electron chi connectivity index (χ2n) is 5.66. The van der Waals surface area contributed by atoms with Gasteiger partial charge in [-0.25, -0.2) is 0 Å². The Kier molecular flexibility index (Phi) is 9.22. The maximum Gasteiger partial charge on any atom is 0.174 e. The van der Waals surface area contributed by atoms with Gasteiger partial charge in [-0.3, -0.25) is 0 Å². The van der Waals surface area contributed by atoms with Crippen LogP contribution in [0.4, 0.5) is 0 Å². The average molecular weight is 406 g/mol. The van der Waals surface area contributed by atoms with Gasteiger partial charge in [0, 0.05) is 0 Å². The maximum absolute atomic E-state index is 8.66. The molecule has 8 nitrogen and oxygen atoms in total. The number of rotatable bonds is 11. The van der Waals surface area contributed by atoms with Gasteiger partial charge >= 0.3 is 0 Å². The van der Waals surface area contributed by atoms with Crippen LogP contribution in [-0.4, -0.2) is 38.9 Å². The molecule has 0 spiro atoms. The van der Waals surface area contributed by atoms with Crippen molar-refractivity contribution in [3.05, 3.63) is 47.5 Å². The van der Waals surface area contributed by atoms with Gasteiger partial charge in [-0.1, -0.05) is 0 Å². The van der Waals surface area contributed by atoms with Gasteiger partial charge in [0.05, 0.1) is 25.6 Å². The van der Waals surface area contributed by atoms with Crippen molar-refractivity contribution in [1.29, 1.82) is 10.5 Å². The molecule has 2 aromatic carbocycles. The van der Waals surface area contributed by atoms with Gasteiger partial charge < -0.3 is 18.9 Å². The van der Waals surface area contributed by atoms with Gasteiger partial charge in [0.1, 0.15) is 12.1 Å². The largest absolute Gasteiger partial charge is 0.490 e. The van der Waals surface area contributed by atoms with Crippen molar-refractivity contribution >= 4 is 12.4 Å². The Morgan fingerprint density at radius 1 is 0.700 bits per heavy atom. The number of nitriles is 2. The highest BCUT2D eigenvalue weighted by Gasteiger charge is 2.07. The van der Waals surface area contributed by atoms with Crippen molar-refractivity contribution in [2.24, 2.45) is 10.2 Å². The molecule has 0 aliphatic carbocycles. The molecule has 0 saturated heterocycles. The fraction of sp³-hybridized carbons (Fsp3) is 0.273. The molecule has 2 rings (SSSR count). The molecule has 154 valence electrons. The van der Waals surface area contributed by atoms with Crippen LogP contribution in [0.3, 0.4) is 0 Å². The summed E-state index contributed by atoms with van der Waals surface area (Å²) in [5.74, 6) is 2.08. The predicted octanol–water partition coefficient (Wildman–Crippen LogP) is 3.74. The van der Waals surface area contributed by atoms with E-state index in [1.807, 2.05) is 26.0 Å². The van der Waals surface area contributed by atoms with Gasteiger partial charge in [-0.2, -0.15) is 20.7 Å². The van der Waals surface area contributed by atoms with Crippen molar-refractivity contribution in [2.75, 3.05) is 26.4 Å². The molecule has 0 aliphatic rings. The van der Waals surface area contributed by atoms with E-state index in [1.54, 1.807) is 48.8 Å². The third kappa shape index (κ3) is 6.84. The van der Waals surface area contributed by atoms with Gasteiger partial charge in [-0.05, 0) is 61.4 Å². The minimum Gasteiger partial charge on any atom is -0.490 e. The summed E-state index contributed by atoms with van der Waals surface area (Å²) in [5, 5.41) is 25.4. The maximum atomic E-state index is 8.66. The second-order valence-corrected chi connectivity index (χ2v) is 5.66. The SMILES string of the molecule is CCOc1cc(C=NN=Cc2ccc(OCC#N)c(OCC)c2)ccc1OCC#N. The third-order valence-corrected chi connectivity index (χ3v) is 3.60. The molecule has 0 fully saturated rings. The smallest absolute Gasteiger partial charge is 0.174 e. The molecule has 30 heavy (non-hydrogen) atoms. The normalized spacial score (nSPS) is 10.5. The first-order chi connectivity index (χ1) is 14.7. The van der Waals surface area contributed by atoms with E-state index >= 15 is 0 Å². The Balaban J connectivity index is 2.10. The van der Waals surface area contributed by atoms with Crippen LogP contribution in [0.25, 0.3) is 0 Å². The first kappa shape index (κ1) is 22.3. The standard InChI is InChI=1S/C22H22N4O4/c1-3-27-21-13-17(5-7-19(21)29-11-9-23)15-25-26-16-18-6-8-20(30-12-10-24)22(14-18)28-4-2/h5-8,13-16H,3-4,11-12H2,1-2H3. The van der Waals surface area contributed by atoms with E-state index in [0.717, 1.165) is 11.1 Å². The summed E-state index contributed by atoms with van der Waals surface area (Å²) in [6.45, 7) is 4.57. The van der Waals surface area contributed by atoms with E-state index in [2.05, 4.69) is 10.2 Å². The first-order valence-corrected chi connectivity index (χ1v) is 9.31. The highest BCUT2D eigenvalue weighted by molar-refractivity contribution is 5.84. The second kappa shape index (κ2) is 12.4. The lowest BCUT2D eigenvalue weighted by atomic mass is 10.2. The monoisotopic (exact) mass is 406 g/mol. The number of ether oxygens (including phenoxy) is 4. The fourth-order valence-corrected chi connectivity index (χ4v) is 2.41. The minimum absolute atomic E-state index is 0.0537. The zero-order chi connectivity index (χ0) is 21.6. The first-order valence-electron chi connectivity index (χ1n) is 9.31. The van der Waals surface area contributed by atoms with E-state index in [-0.39, 0.29) is 13.2 Å². The van der Waals surface area contributed by atoms with Crippen LogP contribution in [0.1, 0.15) is 25.0 Å². The zero-order valence-corrected chi connectivity index (χ0v) is 16.9. The van der Waals surface area contributed by atoms with Crippen LogP contribution < -0.4 is 18.9 Å². The van der Waals surface area contributed by atoms with Crippen LogP contribution >= 0.6 is 0 Å². The lowest BCUT2D eigenvalue weighted by Gasteiger charge is -2.10. The van der Waals surface area contributed by atoms with Gasteiger partial charge in [-0.15, -0.1) is 0 Å². The summed E-state index contributed by atoms with van der Waals surface area (Å²) in [7, 11) is 0. The van der Waals surface area contributed by atoms with Crippen molar-refractivity contribution in [1.82, 2.24) is 0 Å². The molecule has 0 saturated carbocycles. The highest BCUT2D eigenvalue weighted by Crippen LogP contribution is 2.29. The summed E-state index contributed by atoms with van der Waals surface area (Å²) >= 11 is 0. The van der Waals surface area contributed by atoms with Crippen molar-refractivity contribution in [2.45, 2.75) is 13.8 Å². The Morgan fingerprint density at radius 2 is 1.13 bits per heavy atom. The molecule has 0 atom stereocenters. The van der Waals surface area contributed by atoms with E-state index < -0.39 is 0 Å². The van der Waals surface area contributed by atoms with E-state index in [4.69, 9.17) is 29.5 Å². The minimum atomic E-state index is -0.0537. The van der Waals surface area contributed by atoms with Crippen molar-refractivity contribution in [3.63, 3.8) is 0 Å². The number of hydrogen-bond acceptors (Lipinski definition) is 8. The van der Waals surface area contributed by atoms with Crippen LogP contribution in [0.15, 0.2) is 46.6 Å². The molecular formula is C22H22N4O4. The topological polar surface area (TPSA) is 109 Å². The fourth-order valence-electron chi connectivity index (χ4n) is 2.41. The molecule has 0 aliphatic heterocycles. The quantitative estimate of drug-likeness (QED) is 0.415. The van der Waals surface area contributed by atoms with Crippen molar-refractivity contribution in [3.8, 4) is 35.1 Å². The molecule has 2 aromatic rings. The van der Waals surface area contributed by atoms with Crippen LogP contribution in [0, 0.1) is 22.7 Å². The summed E-state index contributed by atoms with van der Waals surface area (Å²) in [4.78, 5) is 0. The Hall–Kier alpha value is -4.04. The summed E-state index contributed by atoms with van der Waals surface area (Å²) in [5.41, 5.74) is 1.55. The third-order valence-electron chi connectivity index (χ3n) is 3.60. The summed E-state index contributed by atoms with van der Waals surface area (Å²) < 4.78 is 21.8. The number of nitrogens with zero attached hydrogens (tertiary/aromatic N) is 4. The Morgan fingerprint density at radius 3 is 1.50 bits per heavy atom. The zero-order valence-electron chi connectivity index (χ0n) is 16.9. The van der Waals surface area contributed by atoms with Crippen LogP contribution in [0.2, 0.25) is 0 Å². The lowest BCUT2D eigenvalue weighted by Crippen LogP contribution is -2.00. The van der Waals surface area contributed by atoms with E-state index in [9.17, 15) is 0 Å². The number of hydrogen-bond donors (Lipinski definition) is 0. The molecule has 0 radical (unpaired) electrons. The Labute approximate surface area is 175 Å². The molecule has 0 amide bonds. The molecule has 0 N–H and O–H groups in total. The van der Waals surface area contributed by atoms with E-state index in [1.165, 1.54) is 0 Å². The average Bonchev–Trinajstić information content (AvgIpc) is 2.76. The van der Waals surface area contributed by atoms with Crippen LogP contribution in [-0.2, 0) is 0 Å². The highest BCUT2D eigenvalue weighted by atomic mass is 16.5. The van der Waals surface area contributed by atoms with Gasteiger partial charge in [0.25, 0.3) is 0 Å². The predicted molar refractivity (Wildman–Crippen MR) is 113 cm³/mol.